The molecule has 0 aliphatic rings. The van der Waals surface area contributed by atoms with Crippen molar-refractivity contribution in [3.05, 3.63) is 200 Å². The summed E-state index contributed by atoms with van der Waals surface area (Å²) in [6.07, 6.45) is 0. The lowest BCUT2D eigenvalue weighted by Gasteiger charge is -2.27. The van der Waals surface area contributed by atoms with Crippen molar-refractivity contribution in [2.45, 2.75) is 0 Å². The van der Waals surface area contributed by atoms with Gasteiger partial charge in [-0.1, -0.05) is 152 Å². The van der Waals surface area contributed by atoms with Gasteiger partial charge in [-0.2, -0.15) is 0 Å². The molecule has 58 heavy (non-hydrogen) atoms. The molecule has 0 radical (unpaired) electrons. The zero-order valence-corrected chi connectivity index (χ0v) is 32.2. The molecule has 12 aromatic carbocycles. The molecule has 0 fully saturated rings. The minimum atomic E-state index is 1.12. The summed E-state index contributed by atoms with van der Waals surface area (Å²) in [5, 5.41) is 20.5. The highest BCUT2D eigenvalue weighted by Gasteiger charge is 2.20. The van der Waals surface area contributed by atoms with E-state index in [-0.39, 0.29) is 0 Å². The van der Waals surface area contributed by atoms with Crippen LogP contribution in [0.4, 0.5) is 17.1 Å². The Morgan fingerprint density at radius 1 is 0.276 bits per heavy atom. The van der Waals surface area contributed by atoms with Crippen molar-refractivity contribution >= 4 is 124 Å². The second kappa shape index (κ2) is 12.1. The van der Waals surface area contributed by atoms with Crippen molar-refractivity contribution in [2.24, 2.45) is 0 Å². The number of fused-ring (bicyclic) bond motifs is 6. The minimum absolute atomic E-state index is 1.12. The molecule has 13 aromatic rings. The Balaban J connectivity index is 1.13. The zero-order valence-electron chi connectivity index (χ0n) is 31.4. The Labute approximate surface area is 338 Å². The summed E-state index contributed by atoms with van der Waals surface area (Å²) < 4.78 is 2.61. The molecule has 0 aliphatic heterocycles. The van der Waals surface area contributed by atoms with E-state index in [2.05, 4.69) is 205 Å². The number of hydrogen-bond donors (Lipinski definition) is 0. The topological polar surface area (TPSA) is 3.24 Å². The van der Waals surface area contributed by atoms with Gasteiger partial charge < -0.3 is 4.90 Å². The summed E-state index contributed by atoms with van der Waals surface area (Å²) in [5.41, 5.74) is 5.84. The van der Waals surface area contributed by atoms with E-state index in [0.717, 1.165) is 17.1 Å². The van der Waals surface area contributed by atoms with Crippen LogP contribution in [0, 0.1) is 0 Å². The van der Waals surface area contributed by atoms with E-state index < -0.39 is 0 Å². The van der Waals surface area contributed by atoms with Crippen molar-refractivity contribution in [3.63, 3.8) is 0 Å². The van der Waals surface area contributed by atoms with Crippen LogP contribution in [0.25, 0.3) is 107 Å². The highest BCUT2D eigenvalue weighted by atomic mass is 32.1. The van der Waals surface area contributed by atoms with Gasteiger partial charge in [0.1, 0.15) is 0 Å². The molecule has 0 saturated carbocycles. The van der Waals surface area contributed by atoms with Gasteiger partial charge in [0.25, 0.3) is 0 Å². The van der Waals surface area contributed by atoms with Gasteiger partial charge in [0.15, 0.2) is 0 Å². The van der Waals surface area contributed by atoms with E-state index in [9.17, 15) is 0 Å². The van der Waals surface area contributed by atoms with E-state index in [1.165, 1.54) is 107 Å². The van der Waals surface area contributed by atoms with Crippen LogP contribution in [0.5, 0.6) is 0 Å². The maximum absolute atomic E-state index is 2.47. The van der Waals surface area contributed by atoms with Gasteiger partial charge in [-0.15, -0.1) is 11.3 Å². The molecule has 1 nitrogen and oxygen atoms in total. The predicted octanol–water partition coefficient (Wildman–Crippen LogP) is 16.7. The Kier molecular flexibility index (Phi) is 6.66. The number of benzene rings is 11. The molecule has 2 heteroatoms. The monoisotopic (exact) mass is 751 g/mol. The van der Waals surface area contributed by atoms with Crippen molar-refractivity contribution in [1.82, 2.24) is 0 Å². The van der Waals surface area contributed by atoms with Gasteiger partial charge >= 0.3 is 0 Å². The van der Waals surface area contributed by atoms with E-state index in [1.54, 1.807) is 0 Å². The number of nitrogens with zero attached hydrogens (tertiary/aromatic N) is 1. The SMILES string of the molecule is c1ccc2c(-c3ccc(N(c4ccc5sc6ccccc6c5c4)c4cc5ccc6cccc7c8cccc9ccc%10cccc(c(c4)c5c67)c%10c98)cc3)cccc2c1. The fraction of sp³-hybridized carbons (Fsp3) is 0. The first-order valence-electron chi connectivity index (χ1n) is 20.0. The maximum Gasteiger partial charge on any atom is 0.0474 e. The second-order valence-corrected chi connectivity index (χ2v) is 16.7. The number of rotatable bonds is 4. The molecule has 1 aromatic heterocycles. The molecule has 0 N–H and O–H groups in total. The average molecular weight is 752 g/mol. The van der Waals surface area contributed by atoms with Gasteiger partial charge in [-0.25, -0.2) is 0 Å². The van der Waals surface area contributed by atoms with Crippen LogP contribution in [-0.4, -0.2) is 0 Å². The molecule has 0 spiro atoms. The smallest absolute Gasteiger partial charge is 0.0474 e. The Morgan fingerprint density at radius 2 is 0.776 bits per heavy atom. The summed E-state index contributed by atoms with van der Waals surface area (Å²) in [7, 11) is 0. The van der Waals surface area contributed by atoms with Crippen LogP contribution in [0.2, 0.25) is 0 Å². The largest absolute Gasteiger partial charge is 0.310 e. The van der Waals surface area contributed by atoms with Crippen molar-refractivity contribution < 1.29 is 0 Å². The highest BCUT2D eigenvalue weighted by molar-refractivity contribution is 7.25. The van der Waals surface area contributed by atoms with Crippen LogP contribution in [0.3, 0.4) is 0 Å². The fourth-order valence-electron chi connectivity index (χ4n) is 9.96. The standard InChI is InChI=1S/C56H33NS/c1-2-14-43-34(9-1)10-5-16-44(43)35-25-27-40(28-26-35)57(41-29-30-52-49(32-41)45-15-3-4-20-51(45)58-52)42-31-39-24-23-38-12-7-18-47-46-17-6-11-36-21-22-37-13-8-19-48(55(37)53(36)46)50(33-42)56(39)54(38)47/h1-33H. The molecule has 0 bridgehead atoms. The van der Waals surface area contributed by atoms with Gasteiger partial charge in [-0.3, -0.25) is 0 Å². The predicted molar refractivity (Wildman–Crippen MR) is 253 cm³/mol. The van der Waals surface area contributed by atoms with E-state index in [0.29, 0.717) is 0 Å². The molecule has 0 amide bonds. The molecule has 0 saturated heterocycles. The molecule has 268 valence electrons. The lowest BCUT2D eigenvalue weighted by atomic mass is 9.87. The number of hydrogen-bond acceptors (Lipinski definition) is 2. The minimum Gasteiger partial charge on any atom is -0.310 e. The first-order valence-corrected chi connectivity index (χ1v) is 20.8. The fourth-order valence-corrected chi connectivity index (χ4v) is 11.1. The van der Waals surface area contributed by atoms with E-state index in [1.807, 2.05) is 11.3 Å². The van der Waals surface area contributed by atoms with Crippen LogP contribution in [-0.2, 0) is 0 Å². The Hall–Kier alpha value is -7.26. The van der Waals surface area contributed by atoms with Crippen LogP contribution >= 0.6 is 11.3 Å². The summed E-state index contributed by atoms with van der Waals surface area (Å²) in [4.78, 5) is 2.47. The molecule has 0 aliphatic carbocycles. The Bertz CT molecular complexity index is 3790. The summed E-state index contributed by atoms with van der Waals surface area (Å²) in [5.74, 6) is 0. The molecule has 0 atom stereocenters. The molecular weight excluding hydrogens is 719 g/mol. The lowest BCUT2D eigenvalue weighted by Crippen LogP contribution is -2.10. The van der Waals surface area contributed by atoms with Crippen LogP contribution < -0.4 is 4.90 Å². The van der Waals surface area contributed by atoms with Crippen LogP contribution in [0.1, 0.15) is 0 Å². The zero-order chi connectivity index (χ0) is 37.9. The number of thiophene rings is 1. The van der Waals surface area contributed by atoms with Gasteiger partial charge in [0, 0.05) is 37.2 Å². The highest BCUT2D eigenvalue weighted by Crippen LogP contribution is 2.47. The van der Waals surface area contributed by atoms with Crippen LogP contribution in [0.15, 0.2) is 200 Å². The summed E-state index contributed by atoms with van der Waals surface area (Å²) >= 11 is 1.86. The van der Waals surface area contributed by atoms with E-state index in [4.69, 9.17) is 0 Å². The van der Waals surface area contributed by atoms with Gasteiger partial charge in [-0.05, 0) is 135 Å². The first kappa shape index (κ1) is 31.9. The molecule has 1 heterocycles. The first-order chi connectivity index (χ1) is 28.7. The second-order valence-electron chi connectivity index (χ2n) is 15.6. The number of anilines is 3. The third kappa shape index (κ3) is 4.58. The lowest BCUT2D eigenvalue weighted by molar-refractivity contribution is 1.30. The quantitative estimate of drug-likeness (QED) is 0.162. The van der Waals surface area contributed by atoms with Gasteiger partial charge in [0.05, 0.1) is 0 Å². The summed E-state index contributed by atoms with van der Waals surface area (Å²) in [6.45, 7) is 0. The maximum atomic E-state index is 2.47. The van der Waals surface area contributed by atoms with Gasteiger partial charge in [0.2, 0.25) is 0 Å². The normalized spacial score (nSPS) is 12.1. The summed E-state index contributed by atoms with van der Waals surface area (Å²) in [6, 6.07) is 74.9. The average Bonchev–Trinajstić information content (AvgIpc) is 3.66. The van der Waals surface area contributed by atoms with Crippen molar-refractivity contribution in [3.8, 4) is 11.1 Å². The Morgan fingerprint density at radius 3 is 1.50 bits per heavy atom. The van der Waals surface area contributed by atoms with Crippen molar-refractivity contribution in [1.29, 1.82) is 0 Å². The third-order valence-corrected chi connectivity index (χ3v) is 13.7. The molecule has 13 rings (SSSR count). The van der Waals surface area contributed by atoms with Crippen molar-refractivity contribution in [2.75, 3.05) is 4.90 Å². The molecule has 0 unspecified atom stereocenters. The van der Waals surface area contributed by atoms with E-state index >= 15 is 0 Å². The molecular formula is C56H33NS. The third-order valence-electron chi connectivity index (χ3n) is 12.5.